The smallest absolute Gasteiger partial charge is 0.211 e. The maximum absolute atomic E-state index is 9.61. The van der Waals surface area contributed by atoms with Crippen molar-refractivity contribution in [2.24, 2.45) is 4.99 Å². The third kappa shape index (κ3) is 3.07. The van der Waals surface area contributed by atoms with E-state index >= 15 is 0 Å². The number of hydrogen-bond donors (Lipinski definition) is 0. The highest BCUT2D eigenvalue weighted by Crippen LogP contribution is 2.29. The minimum absolute atomic E-state index is 0.609. The van der Waals surface area contributed by atoms with Gasteiger partial charge in [0.1, 0.15) is 0 Å². The van der Waals surface area contributed by atoms with E-state index in [2.05, 4.69) is 4.99 Å². The number of isocyanates is 1. The van der Waals surface area contributed by atoms with Gasteiger partial charge in [-0.3, -0.25) is 0 Å². The van der Waals surface area contributed by atoms with E-state index in [1.807, 2.05) is 0 Å². The van der Waals surface area contributed by atoms with Crippen molar-refractivity contribution in [2.75, 3.05) is 0 Å². The number of rotatable bonds is 2. The van der Waals surface area contributed by atoms with Crippen LogP contribution in [0.5, 0.6) is 0 Å². The molecule has 52 valence electrons. The Morgan fingerprint density at radius 2 is 2.11 bits per heavy atom. The van der Waals surface area contributed by atoms with Gasteiger partial charge in [-0.05, 0) is 6.92 Å². The standard InChI is InChI=1S/C4H4Cl3NO/c1-3(5)4(6,7)8-2-9/h3H,1H3. The third-order valence-corrected chi connectivity index (χ3v) is 2.04. The molecular weight excluding hydrogens is 184 g/mol. The molecule has 0 aromatic rings. The van der Waals surface area contributed by atoms with Gasteiger partial charge < -0.3 is 0 Å². The molecule has 0 aliphatic rings. The number of nitrogens with zero attached hydrogens (tertiary/aromatic N) is 1. The van der Waals surface area contributed by atoms with Gasteiger partial charge in [-0.1, -0.05) is 23.2 Å². The van der Waals surface area contributed by atoms with Crippen LogP contribution in [0.3, 0.4) is 0 Å². The number of hydrogen-bond acceptors (Lipinski definition) is 2. The molecule has 0 fully saturated rings. The van der Waals surface area contributed by atoms with Crippen molar-refractivity contribution in [3.05, 3.63) is 0 Å². The van der Waals surface area contributed by atoms with Gasteiger partial charge in [0, 0.05) is 0 Å². The molecule has 0 radical (unpaired) electrons. The zero-order valence-corrected chi connectivity index (χ0v) is 6.83. The van der Waals surface area contributed by atoms with Crippen molar-refractivity contribution in [3.63, 3.8) is 0 Å². The summed E-state index contributed by atoms with van der Waals surface area (Å²) in [4.78, 5) is 12.7. The van der Waals surface area contributed by atoms with Crippen LogP contribution in [0.25, 0.3) is 0 Å². The average Bonchev–Trinajstić information content (AvgIpc) is 1.65. The summed E-state index contributed by atoms with van der Waals surface area (Å²) < 4.78 is -1.54. The Morgan fingerprint density at radius 1 is 1.67 bits per heavy atom. The van der Waals surface area contributed by atoms with Crippen molar-refractivity contribution in [1.82, 2.24) is 0 Å². The molecule has 0 aromatic heterocycles. The minimum atomic E-state index is -1.54. The van der Waals surface area contributed by atoms with E-state index < -0.39 is 9.83 Å². The third-order valence-electron chi connectivity index (χ3n) is 0.673. The van der Waals surface area contributed by atoms with Crippen LogP contribution in [-0.2, 0) is 4.79 Å². The van der Waals surface area contributed by atoms with Crippen LogP contribution in [-0.4, -0.2) is 15.9 Å². The zero-order chi connectivity index (χ0) is 7.49. The number of halogens is 3. The number of carbonyl (C=O) groups excluding carboxylic acids is 1. The minimum Gasteiger partial charge on any atom is -0.211 e. The fourth-order valence-corrected chi connectivity index (χ4v) is 0.268. The molecule has 1 atom stereocenters. The Balaban J connectivity index is 4.18. The molecule has 5 heteroatoms. The molecule has 0 bridgehead atoms. The molecule has 0 rings (SSSR count). The molecule has 0 amide bonds. The van der Waals surface area contributed by atoms with Crippen LogP contribution in [0.15, 0.2) is 4.99 Å². The average molecular weight is 188 g/mol. The Morgan fingerprint density at radius 3 is 2.22 bits per heavy atom. The quantitative estimate of drug-likeness (QED) is 0.282. The van der Waals surface area contributed by atoms with Crippen LogP contribution in [0, 0.1) is 0 Å². The van der Waals surface area contributed by atoms with Gasteiger partial charge in [0.25, 0.3) is 0 Å². The second kappa shape index (κ2) is 3.43. The summed E-state index contributed by atoms with van der Waals surface area (Å²) in [6.07, 6.45) is 1.22. The highest BCUT2D eigenvalue weighted by molar-refractivity contribution is 6.52. The van der Waals surface area contributed by atoms with Gasteiger partial charge in [0.05, 0.1) is 5.38 Å². The lowest BCUT2D eigenvalue weighted by Crippen LogP contribution is -2.20. The van der Waals surface area contributed by atoms with E-state index in [0.717, 1.165) is 0 Å². The molecular formula is C4H4Cl3NO. The van der Waals surface area contributed by atoms with E-state index in [-0.39, 0.29) is 0 Å². The fourth-order valence-electron chi connectivity index (χ4n) is 0.150. The van der Waals surface area contributed by atoms with Crippen LogP contribution < -0.4 is 0 Å². The maximum Gasteiger partial charge on any atom is 0.238 e. The normalized spacial score (nSPS) is 14.2. The van der Waals surface area contributed by atoms with Crippen molar-refractivity contribution in [2.45, 2.75) is 16.8 Å². The predicted molar refractivity (Wildman–Crippen MR) is 37.9 cm³/mol. The van der Waals surface area contributed by atoms with Gasteiger partial charge in [-0.2, -0.15) is 4.99 Å². The summed E-state index contributed by atoms with van der Waals surface area (Å²) >= 11 is 16.2. The number of aliphatic imine (C=N–C) groups is 1. The van der Waals surface area contributed by atoms with Crippen LogP contribution in [0.1, 0.15) is 6.92 Å². The van der Waals surface area contributed by atoms with Crippen molar-refractivity contribution < 1.29 is 4.79 Å². The molecule has 0 aromatic carbocycles. The Hall–Kier alpha value is 0.250. The van der Waals surface area contributed by atoms with Gasteiger partial charge in [-0.15, -0.1) is 11.6 Å². The van der Waals surface area contributed by atoms with Crippen LogP contribution in [0.2, 0.25) is 0 Å². The second-order valence-corrected chi connectivity index (χ2v) is 3.41. The summed E-state index contributed by atoms with van der Waals surface area (Å²) in [6.45, 7) is 1.53. The van der Waals surface area contributed by atoms with Crippen molar-refractivity contribution in [3.8, 4) is 0 Å². The Bertz CT molecular complexity index is 139. The SMILES string of the molecule is CC(Cl)C(Cl)(Cl)N=C=O. The first-order chi connectivity index (χ1) is 4.00. The lowest BCUT2D eigenvalue weighted by Gasteiger charge is -2.13. The summed E-state index contributed by atoms with van der Waals surface area (Å²) in [7, 11) is 0. The van der Waals surface area contributed by atoms with Gasteiger partial charge in [0.15, 0.2) is 0 Å². The molecule has 9 heavy (non-hydrogen) atoms. The summed E-state index contributed by atoms with van der Waals surface area (Å²) in [6, 6.07) is 0. The van der Waals surface area contributed by atoms with Crippen molar-refractivity contribution in [1.29, 1.82) is 0 Å². The van der Waals surface area contributed by atoms with Gasteiger partial charge in [0.2, 0.25) is 10.5 Å². The predicted octanol–water partition coefficient (Wildman–Crippen LogP) is 2.08. The highest BCUT2D eigenvalue weighted by Gasteiger charge is 2.29. The molecule has 0 aliphatic heterocycles. The maximum atomic E-state index is 9.61. The Kier molecular flexibility index (Phi) is 3.52. The summed E-state index contributed by atoms with van der Waals surface area (Å²) in [5, 5.41) is -0.609. The van der Waals surface area contributed by atoms with Crippen LogP contribution >= 0.6 is 34.8 Å². The lowest BCUT2D eigenvalue weighted by atomic mass is 10.5. The fraction of sp³-hybridized carbons (Fsp3) is 0.750. The molecule has 0 heterocycles. The monoisotopic (exact) mass is 187 g/mol. The summed E-state index contributed by atoms with van der Waals surface area (Å²) in [5.74, 6) is 0. The molecule has 0 saturated carbocycles. The van der Waals surface area contributed by atoms with Gasteiger partial charge >= 0.3 is 0 Å². The van der Waals surface area contributed by atoms with E-state index in [0.29, 0.717) is 0 Å². The first-order valence-corrected chi connectivity index (χ1v) is 3.31. The molecule has 2 nitrogen and oxygen atoms in total. The lowest BCUT2D eigenvalue weighted by molar-refractivity contribution is 0.560. The molecule has 0 spiro atoms. The van der Waals surface area contributed by atoms with Crippen molar-refractivity contribution >= 4 is 40.9 Å². The zero-order valence-electron chi connectivity index (χ0n) is 4.57. The van der Waals surface area contributed by atoms with Crippen LogP contribution in [0.4, 0.5) is 0 Å². The van der Waals surface area contributed by atoms with E-state index in [9.17, 15) is 4.79 Å². The first kappa shape index (κ1) is 9.25. The Labute approximate surface area is 67.8 Å². The molecule has 0 aliphatic carbocycles. The topological polar surface area (TPSA) is 29.4 Å². The summed E-state index contributed by atoms with van der Waals surface area (Å²) in [5.41, 5.74) is 0. The molecule has 1 unspecified atom stereocenters. The largest absolute Gasteiger partial charge is 0.238 e. The second-order valence-electron chi connectivity index (χ2n) is 1.41. The highest BCUT2D eigenvalue weighted by atomic mass is 35.5. The molecule has 0 saturated heterocycles. The van der Waals surface area contributed by atoms with E-state index in [1.165, 1.54) is 13.0 Å². The van der Waals surface area contributed by atoms with E-state index in [4.69, 9.17) is 34.8 Å². The van der Waals surface area contributed by atoms with Gasteiger partial charge in [-0.25, -0.2) is 4.79 Å². The molecule has 0 N–H and O–H groups in total. The van der Waals surface area contributed by atoms with E-state index in [1.54, 1.807) is 0 Å². The first-order valence-electron chi connectivity index (χ1n) is 2.11. The number of alkyl halides is 3.